The van der Waals surface area contributed by atoms with Crippen molar-refractivity contribution < 1.29 is 26.4 Å². The van der Waals surface area contributed by atoms with Gasteiger partial charge in [0, 0.05) is 32.2 Å². The second-order valence-electron chi connectivity index (χ2n) is 6.16. The van der Waals surface area contributed by atoms with Gasteiger partial charge in [0.15, 0.2) is 0 Å². The number of anilines is 1. The Kier molecular flexibility index (Phi) is 6.21. The zero-order valence-corrected chi connectivity index (χ0v) is 15.7. The second-order valence-corrected chi connectivity index (χ2v) is 8.74. The fourth-order valence-corrected chi connectivity index (χ4v) is 4.05. The molecule has 0 spiro atoms. The molecule has 0 aliphatic carbocycles. The van der Waals surface area contributed by atoms with E-state index in [2.05, 4.69) is 5.32 Å². The number of benzene rings is 1. The van der Waals surface area contributed by atoms with E-state index >= 15 is 0 Å². The minimum Gasteiger partial charge on any atom is -0.325 e. The Labute approximate surface area is 155 Å². The van der Waals surface area contributed by atoms with Crippen LogP contribution in [0.3, 0.4) is 0 Å². The van der Waals surface area contributed by atoms with Crippen LogP contribution >= 0.6 is 11.6 Å². The van der Waals surface area contributed by atoms with Gasteiger partial charge in [-0.1, -0.05) is 11.6 Å². The number of halogens is 4. The highest BCUT2D eigenvalue weighted by molar-refractivity contribution is 7.86. The van der Waals surface area contributed by atoms with Crippen molar-refractivity contribution in [3.05, 3.63) is 28.8 Å². The molecule has 1 aliphatic heterocycles. The first-order chi connectivity index (χ1) is 11.9. The molecule has 1 saturated heterocycles. The van der Waals surface area contributed by atoms with Gasteiger partial charge in [0.1, 0.15) is 0 Å². The lowest BCUT2D eigenvalue weighted by Crippen LogP contribution is -2.47. The van der Waals surface area contributed by atoms with Gasteiger partial charge in [-0.2, -0.15) is 30.2 Å². The van der Waals surface area contributed by atoms with E-state index in [1.165, 1.54) is 20.2 Å². The number of rotatable bonds is 4. The predicted octanol–water partition coefficient (Wildman–Crippen LogP) is 2.82. The van der Waals surface area contributed by atoms with Crippen molar-refractivity contribution in [2.75, 3.05) is 32.5 Å². The van der Waals surface area contributed by atoms with E-state index in [4.69, 9.17) is 11.6 Å². The number of carbonyl (C=O) groups is 1. The SMILES string of the molecule is CN(C)S(=O)(=O)N1CCC[C@H](C(=O)Nc2ccc(Cl)cc2C(F)(F)F)C1. The van der Waals surface area contributed by atoms with E-state index in [0.29, 0.717) is 12.8 Å². The van der Waals surface area contributed by atoms with Gasteiger partial charge >= 0.3 is 6.18 Å². The third-order valence-corrected chi connectivity index (χ3v) is 6.23. The van der Waals surface area contributed by atoms with Crippen molar-refractivity contribution in [1.82, 2.24) is 8.61 Å². The van der Waals surface area contributed by atoms with Gasteiger partial charge < -0.3 is 5.32 Å². The Morgan fingerprint density at radius 2 is 2.00 bits per heavy atom. The molecule has 1 aromatic rings. The summed E-state index contributed by atoms with van der Waals surface area (Å²) in [5, 5.41) is 2.16. The highest BCUT2D eigenvalue weighted by Gasteiger charge is 2.36. The Morgan fingerprint density at radius 3 is 2.58 bits per heavy atom. The molecule has 6 nitrogen and oxygen atoms in total. The van der Waals surface area contributed by atoms with Gasteiger partial charge in [0.25, 0.3) is 10.2 Å². The summed E-state index contributed by atoms with van der Waals surface area (Å²) >= 11 is 5.62. The molecular formula is C15H19ClF3N3O3S. The van der Waals surface area contributed by atoms with E-state index in [9.17, 15) is 26.4 Å². The van der Waals surface area contributed by atoms with Crippen LogP contribution in [0, 0.1) is 5.92 Å². The molecule has 1 atom stereocenters. The predicted molar refractivity (Wildman–Crippen MR) is 92.0 cm³/mol. The smallest absolute Gasteiger partial charge is 0.325 e. The Morgan fingerprint density at radius 1 is 1.35 bits per heavy atom. The fourth-order valence-electron chi connectivity index (χ4n) is 2.69. The number of nitrogens with zero attached hydrogens (tertiary/aromatic N) is 2. The lowest BCUT2D eigenvalue weighted by Gasteiger charge is -2.32. The first-order valence-corrected chi connectivity index (χ1v) is 9.55. The van der Waals surface area contributed by atoms with Crippen LogP contribution in [0.15, 0.2) is 18.2 Å². The lowest BCUT2D eigenvalue weighted by atomic mass is 9.98. The average molecular weight is 414 g/mol. The number of carbonyl (C=O) groups excluding carboxylic acids is 1. The van der Waals surface area contributed by atoms with Crippen LogP contribution in [-0.4, -0.2) is 50.1 Å². The van der Waals surface area contributed by atoms with Gasteiger partial charge in [0.2, 0.25) is 5.91 Å². The van der Waals surface area contributed by atoms with Crippen LogP contribution in [0.25, 0.3) is 0 Å². The third kappa shape index (κ3) is 4.67. The van der Waals surface area contributed by atoms with E-state index in [0.717, 1.165) is 20.7 Å². The molecule has 2 rings (SSSR count). The molecular weight excluding hydrogens is 395 g/mol. The quantitative estimate of drug-likeness (QED) is 0.825. The summed E-state index contributed by atoms with van der Waals surface area (Å²) in [6.45, 7) is 0.181. The standard InChI is InChI=1S/C15H19ClF3N3O3S/c1-21(2)26(24,25)22-7-3-4-10(9-22)14(23)20-13-6-5-11(16)8-12(13)15(17,18)19/h5-6,8,10H,3-4,7,9H2,1-2H3,(H,20,23)/t10-/m0/s1. The molecule has 26 heavy (non-hydrogen) atoms. The van der Waals surface area contributed by atoms with E-state index in [1.807, 2.05) is 0 Å². The van der Waals surface area contributed by atoms with Gasteiger partial charge in [-0.3, -0.25) is 4.79 Å². The molecule has 1 fully saturated rings. The summed E-state index contributed by atoms with van der Waals surface area (Å²) in [6, 6.07) is 3.07. The van der Waals surface area contributed by atoms with Crippen molar-refractivity contribution >= 4 is 33.4 Å². The van der Waals surface area contributed by atoms with Crippen LogP contribution in [0.4, 0.5) is 18.9 Å². The van der Waals surface area contributed by atoms with Crippen LogP contribution in [0.5, 0.6) is 0 Å². The van der Waals surface area contributed by atoms with Crippen LogP contribution < -0.4 is 5.32 Å². The van der Waals surface area contributed by atoms with Crippen molar-refractivity contribution in [1.29, 1.82) is 0 Å². The molecule has 0 aromatic heterocycles. The number of amides is 1. The molecule has 1 aliphatic rings. The van der Waals surface area contributed by atoms with E-state index in [1.54, 1.807) is 0 Å². The Bertz CT molecular complexity index is 784. The Hall–Kier alpha value is -1.36. The van der Waals surface area contributed by atoms with Gasteiger partial charge in [0.05, 0.1) is 17.2 Å². The lowest BCUT2D eigenvalue weighted by molar-refractivity contribution is -0.137. The van der Waals surface area contributed by atoms with Crippen LogP contribution in [0.2, 0.25) is 5.02 Å². The molecule has 0 saturated carbocycles. The molecule has 1 heterocycles. The Balaban J connectivity index is 2.18. The minimum absolute atomic E-state index is 0.0821. The minimum atomic E-state index is -4.68. The summed E-state index contributed by atoms with van der Waals surface area (Å²) in [5.41, 5.74) is -1.45. The summed E-state index contributed by atoms with van der Waals surface area (Å²) in [7, 11) is -0.932. The molecule has 0 bridgehead atoms. The van der Waals surface area contributed by atoms with Crippen molar-refractivity contribution in [2.24, 2.45) is 5.92 Å². The highest BCUT2D eigenvalue weighted by atomic mass is 35.5. The van der Waals surface area contributed by atoms with E-state index in [-0.39, 0.29) is 18.1 Å². The normalized spacial score (nSPS) is 19.6. The summed E-state index contributed by atoms with van der Waals surface area (Å²) in [6.07, 6.45) is -3.85. The first kappa shape index (κ1) is 20.9. The third-order valence-electron chi connectivity index (χ3n) is 4.09. The molecule has 11 heteroatoms. The number of hydrogen-bond acceptors (Lipinski definition) is 3. The molecule has 1 aromatic carbocycles. The monoisotopic (exact) mass is 413 g/mol. The summed E-state index contributed by atoms with van der Waals surface area (Å²) < 4.78 is 66.0. The summed E-state index contributed by atoms with van der Waals surface area (Å²) in [4.78, 5) is 12.4. The molecule has 1 amide bonds. The first-order valence-electron chi connectivity index (χ1n) is 7.78. The number of nitrogens with one attached hydrogen (secondary N) is 1. The molecule has 146 valence electrons. The summed E-state index contributed by atoms with van der Waals surface area (Å²) in [5.74, 6) is -1.40. The molecule has 0 unspecified atom stereocenters. The average Bonchev–Trinajstić information content (AvgIpc) is 2.55. The maximum Gasteiger partial charge on any atom is 0.418 e. The van der Waals surface area contributed by atoms with Gasteiger partial charge in [-0.25, -0.2) is 0 Å². The zero-order valence-electron chi connectivity index (χ0n) is 14.2. The number of hydrogen-bond donors (Lipinski definition) is 1. The van der Waals surface area contributed by atoms with Crippen molar-refractivity contribution in [2.45, 2.75) is 19.0 Å². The van der Waals surface area contributed by atoms with Gasteiger partial charge in [-0.05, 0) is 31.0 Å². The molecule has 1 N–H and O–H groups in total. The topological polar surface area (TPSA) is 69.7 Å². The number of piperidine rings is 1. The number of alkyl halides is 3. The highest BCUT2D eigenvalue weighted by Crippen LogP contribution is 2.37. The molecule has 0 radical (unpaired) electrons. The van der Waals surface area contributed by atoms with E-state index < -0.39 is 39.5 Å². The zero-order chi connectivity index (χ0) is 19.7. The van der Waals surface area contributed by atoms with Crippen molar-refractivity contribution in [3.8, 4) is 0 Å². The maximum atomic E-state index is 13.1. The largest absolute Gasteiger partial charge is 0.418 e. The van der Waals surface area contributed by atoms with Gasteiger partial charge in [-0.15, -0.1) is 0 Å². The maximum absolute atomic E-state index is 13.1. The van der Waals surface area contributed by atoms with Crippen LogP contribution in [-0.2, 0) is 21.2 Å². The fraction of sp³-hybridized carbons (Fsp3) is 0.533. The second kappa shape index (κ2) is 7.71. The van der Waals surface area contributed by atoms with Crippen molar-refractivity contribution in [3.63, 3.8) is 0 Å². The van der Waals surface area contributed by atoms with Crippen LogP contribution in [0.1, 0.15) is 18.4 Å².